The Bertz CT molecular complexity index is 1370. The minimum absolute atomic E-state index is 0.0974. The lowest BCUT2D eigenvalue weighted by Gasteiger charge is -2.35. The summed E-state index contributed by atoms with van der Waals surface area (Å²) in [6.45, 7) is 3.37. The Morgan fingerprint density at radius 3 is 2.48 bits per heavy atom. The highest BCUT2D eigenvalue weighted by Gasteiger charge is 2.32. The molecule has 1 aromatic heterocycles. The van der Waals surface area contributed by atoms with Crippen molar-refractivity contribution in [2.75, 3.05) is 39.2 Å². The molecule has 2 N–H and O–H groups in total. The first-order valence-electron chi connectivity index (χ1n) is 14.7. The van der Waals surface area contributed by atoms with Crippen molar-refractivity contribution in [3.63, 3.8) is 0 Å². The number of hydrogen-bond acceptors (Lipinski definition) is 8. The predicted molar refractivity (Wildman–Crippen MR) is 164 cm³/mol. The van der Waals surface area contributed by atoms with Gasteiger partial charge in [-0.3, -0.25) is 14.4 Å². The first-order valence-corrected chi connectivity index (χ1v) is 14.7. The van der Waals surface area contributed by atoms with Crippen molar-refractivity contribution in [2.24, 2.45) is 5.92 Å². The van der Waals surface area contributed by atoms with E-state index in [0.29, 0.717) is 38.2 Å². The van der Waals surface area contributed by atoms with E-state index in [-0.39, 0.29) is 30.1 Å². The van der Waals surface area contributed by atoms with Gasteiger partial charge in [-0.2, -0.15) is 0 Å². The highest BCUT2D eigenvalue weighted by molar-refractivity contribution is 5.92. The van der Waals surface area contributed by atoms with Gasteiger partial charge in [0.2, 0.25) is 11.8 Å². The molecule has 1 atom stereocenters. The van der Waals surface area contributed by atoms with Crippen LogP contribution in [-0.4, -0.2) is 72.8 Å². The second-order valence-electron chi connectivity index (χ2n) is 10.9. The van der Waals surface area contributed by atoms with Crippen molar-refractivity contribution in [2.45, 2.75) is 58.0 Å². The molecule has 1 aliphatic rings. The third-order valence-electron chi connectivity index (χ3n) is 7.74. The lowest BCUT2D eigenvalue weighted by Crippen LogP contribution is -2.55. The van der Waals surface area contributed by atoms with Crippen LogP contribution in [0.3, 0.4) is 0 Å². The predicted octanol–water partition coefficient (Wildman–Crippen LogP) is 4.00. The number of fused-ring (bicyclic) bond motifs is 1. The molecule has 1 fully saturated rings. The van der Waals surface area contributed by atoms with Gasteiger partial charge in [-0.05, 0) is 56.3 Å². The van der Waals surface area contributed by atoms with Crippen LogP contribution < -0.4 is 20.3 Å². The van der Waals surface area contributed by atoms with Crippen molar-refractivity contribution in [3.05, 3.63) is 54.4 Å². The number of rotatable bonds is 15. The summed E-state index contributed by atoms with van der Waals surface area (Å²) in [5, 5.41) is 6.83. The minimum Gasteiger partial charge on any atom is -0.497 e. The Morgan fingerprint density at radius 1 is 1.05 bits per heavy atom. The third kappa shape index (κ3) is 8.03. The maximum absolute atomic E-state index is 13.4. The summed E-state index contributed by atoms with van der Waals surface area (Å²) in [6.07, 6.45) is 3.96. The molecule has 0 aliphatic carbocycles. The number of carbonyl (C=O) groups is 3. The van der Waals surface area contributed by atoms with E-state index in [4.69, 9.17) is 14.7 Å². The highest BCUT2D eigenvalue weighted by Crippen LogP contribution is 2.30. The fourth-order valence-electron chi connectivity index (χ4n) is 5.11. The Kier molecular flexibility index (Phi) is 10.8. The molecule has 1 aliphatic heterocycles. The van der Waals surface area contributed by atoms with E-state index in [9.17, 15) is 14.4 Å². The topological polar surface area (TPSA) is 117 Å². The fourth-order valence-corrected chi connectivity index (χ4v) is 5.11. The second-order valence-corrected chi connectivity index (χ2v) is 10.9. The molecule has 0 radical (unpaired) electrons. The number of ether oxygens (including phenoxy) is 1. The summed E-state index contributed by atoms with van der Waals surface area (Å²) >= 11 is 0. The number of amides is 2. The molecule has 2 aromatic carbocycles. The molecular weight excluding hydrogens is 532 g/mol. The molecule has 0 unspecified atom stereocenters. The second kappa shape index (κ2) is 14.7. The number of carbonyl (C=O) groups excluding carboxylic acids is 3. The van der Waals surface area contributed by atoms with E-state index in [1.54, 1.807) is 7.11 Å². The third-order valence-corrected chi connectivity index (χ3v) is 7.74. The molecule has 42 heavy (non-hydrogen) atoms. The van der Waals surface area contributed by atoms with Crippen LogP contribution in [0.15, 0.2) is 48.5 Å². The highest BCUT2D eigenvalue weighted by atomic mass is 16.5. The minimum atomic E-state index is -0.660. The Hall–Kier alpha value is -4.05. The van der Waals surface area contributed by atoms with Crippen LogP contribution in [0.4, 0.5) is 11.5 Å². The molecule has 1 saturated heterocycles. The maximum atomic E-state index is 13.4. The van der Waals surface area contributed by atoms with Crippen molar-refractivity contribution in [1.29, 1.82) is 0 Å². The lowest BCUT2D eigenvalue weighted by molar-refractivity contribution is -0.134. The smallest absolute Gasteiger partial charge is 0.242 e. The number of aromatic nitrogens is 2. The number of anilines is 2. The van der Waals surface area contributed by atoms with Crippen LogP contribution in [0, 0.1) is 5.92 Å². The van der Waals surface area contributed by atoms with E-state index in [1.807, 2.05) is 74.4 Å². The first-order chi connectivity index (χ1) is 20.3. The number of nitrogens with zero attached hydrogens (tertiary/aromatic N) is 4. The van der Waals surface area contributed by atoms with Crippen LogP contribution >= 0.6 is 0 Å². The van der Waals surface area contributed by atoms with Gasteiger partial charge in [-0.25, -0.2) is 9.97 Å². The van der Waals surface area contributed by atoms with Crippen molar-refractivity contribution in [1.82, 2.24) is 25.5 Å². The Balaban J connectivity index is 1.46. The van der Waals surface area contributed by atoms with Crippen LogP contribution in [0.25, 0.3) is 10.9 Å². The average Bonchev–Trinajstić information content (AvgIpc) is 3.00. The number of likely N-dealkylation sites (tertiary alicyclic amines) is 1. The fraction of sp³-hybridized carbons (Fsp3) is 0.469. The summed E-state index contributed by atoms with van der Waals surface area (Å²) in [5.74, 6) is 1.74. The number of nitrogens with one attached hydrogen (secondary N) is 2. The standard InChI is InChI=1S/C32H42N6O4/c1-5-24(39)11-7-6-8-14-28(35-31(40)22-20-37(2)21-22)32(41)33-19-29-34-27-13-10-9-12-26(27)30(36-29)38(3)23-15-17-25(42-4)18-16-23/h9-10,12-13,15-18,22,28H,5-8,11,14,19-21H2,1-4H3,(H,33,41)(H,35,40)/t28-/m0/s1. The lowest BCUT2D eigenvalue weighted by atomic mass is 9.98. The van der Waals surface area contributed by atoms with Gasteiger partial charge in [0.05, 0.1) is 25.1 Å². The normalized spacial score (nSPS) is 14.2. The SMILES string of the molecule is CCC(=O)CCCCC[C@H](NC(=O)C1CN(C)C1)C(=O)NCc1nc(N(C)c2ccc(OC)cc2)c2ccccc2n1. The monoisotopic (exact) mass is 574 g/mol. The van der Waals surface area contributed by atoms with E-state index in [1.165, 1.54) is 0 Å². The summed E-state index contributed by atoms with van der Waals surface area (Å²) < 4.78 is 5.29. The zero-order chi connectivity index (χ0) is 30.1. The number of Topliss-reactive ketones (excluding diaryl/α,β-unsaturated/α-hetero) is 1. The molecule has 0 spiro atoms. The number of para-hydroxylation sites is 1. The van der Waals surface area contributed by atoms with Crippen LogP contribution in [0.2, 0.25) is 0 Å². The average molecular weight is 575 g/mol. The maximum Gasteiger partial charge on any atom is 0.242 e. The molecule has 2 amide bonds. The van der Waals surface area contributed by atoms with Gasteiger partial charge in [0.15, 0.2) is 5.82 Å². The molecule has 4 rings (SSSR count). The largest absolute Gasteiger partial charge is 0.497 e. The molecule has 224 valence electrons. The van der Waals surface area contributed by atoms with Gasteiger partial charge in [0.25, 0.3) is 0 Å². The molecule has 0 saturated carbocycles. The quantitative estimate of drug-likeness (QED) is 0.262. The number of methoxy groups -OCH3 is 1. The number of ketones is 1. The Labute approximate surface area is 247 Å². The molecule has 0 bridgehead atoms. The first kappa shape index (κ1) is 30.9. The van der Waals surface area contributed by atoms with E-state index in [0.717, 1.165) is 47.4 Å². The summed E-state index contributed by atoms with van der Waals surface area (Å²) in [6, 6.07) is 14.8. The van der Waals surface area contributed by atoms with Gasteiger partial charge in [-0.15, -0.1) is 0 Å². The zero-order valence-electron chi connectivity index (χ0n) is 25.1. The molecule has 3 aromatic rings. The van der Waals surface area contributed by atoms with Crippen molar-refractivity contribution >= 4 is 40.0 Å². The summed E-state index contributed by atoms with van der Waals surface area (Å²) in [7, 11) is 5.54. The van der Waals surface area contributed by atoms with Gasteiger partial charge in [0.1, 0.15) is 23.4 Å². The van der Waals surface area contributed by atoms with E-state index >= 15 is 0 Å². The summed E-state index contributed by atoms with van der Waals surface area (Å²) in [5.41, 5.74) is 1.70. The molecule has 10 nitrogen and oxygen atoms in total. The van der Waals surface area contributed by atoms with Gasteiger partial charge in [-0.1, -0.05) is 31.9 Å². The van der Waals surface area contributed by atoms with Crippen LogP contribution in [0.1, 0.15) is 51.3 Å². The zero-order valence-corrected chi connectivity index (χ0v) is 25.1. The number of benzene rings is 2. The number of hydrogen-bond donors (Lipinski definition) is 2. The Morgan fingerprint density at radius 2 is 1.79 bits per heavy atom. The summed E-state index contributed by atoms with van der Waals surface area (Å²) in [4.78, 5) is 51.4. The van der Waals surface area contributed by atoms with E-state index < -0.39 is 6.04 Å². The van der Waals surface area contributed by atoms with Gasteiger partial charge < -0.3 is 25.2 Å². The van der Waals surface area contributed by atoms with Crippen LogP contribution in [0.5, 0.6) is 5.75 Å². The van der Waals surface area contributed by atoms with E-state index in [2.05, 4.69) is 15.5 Å². The van der Waals surface area contributed by atoms with Crippen molar-refractivity contribution < 1.29 is 19.1 Å². The van der Waals surface area contributed by atoms with Crippen LogP contribution in [-0.2, 0) is 20.9 Å². The molecule has 2 heterocycles. The van der Waals surface area contributed by atoms with Crippen molar-refractivity contribution in [3.8, 4) is 5.75 Å². The van der Waals surface area contributed by atoms with Gasteiger partial charge in [0, 0.05) is 44.1 Å². The molecule has 10 heteroatoms. The van der Waals surface area contributed by atoms with Gasteiger partial charge >= 0.3 is 0 Å². The number of unbranched alkanes of at least 4 members (excludes halogenated alkanes) is 2. The molecular formula is C32H42N6O4.